The Kier molecular flexibility index (Phi) is 2.75. The lowest BCUT2D eigenvalue weighted by molar-refractivity contribution is 0.464. The van der Waals surface area contributed by atoms with Crippen molar-refractivity contribution in [2.45, 2.75) is 0 Å². The molecule has 2 heterocycles. The van der Waals surface area contributed by atoms with Crippen LogP contribution in [0.15, 0.2) is 54.6 Å². The molecule has 0 aliphatic carbocycles. The quantitative estimate of drug-likeness (QED) is 0.322. The summed E-state index contributed by atoms with van der Waals surface area (Å²) >= 11 is 0. The van der Waals surface area contributed by atoms with Gasteiger partial charge < -0.3 is 9.47 Å². The molecule has 5 rings (SSSR count). The van der Waals surface area contributed by atoms with E-state index >= 15 is 0 Å². The second-order valence-electron chi connectivity index (χ2n) is 6.10. The minimum absolute atomic E-state index is 0.0392. The molecular formula is C22H11BO2. The van der Waals surface area contributed by atoms with Gasteiger partial charge in [-0.15, -0.1) is 12.8 Å². The van der Waals surface area contributed by atoms with Crippen LogP contribution in [0, 0.1) is 24.7 Å². The van der Waals surface area contributed by atoms with Crippen LogP contribution in [0.1, 0.15) is 11.1 Å². The van der Waals surface area contributed by atoms with Crippen LogP contribution in [0.3, 0.4) is 0 Å². The molecule has 114 valence electrons. The van der Waals surface area contributed by atoms with E-state index in [1.165, 1.54) is 0 Å². The van der Waals surface area contributed by atoms with Crippen molar-refractivity contribution in [1.82, 2.24) is 0 Å². The molecule has 0 amide bonds. The average Bonchev–Trinajstić information content (AvgIpc) is 2.66. The van der Waals surface area contributed by atoms with Crippen LogP contribution >= 0.6 is 0 Å². The molecule has 2 nitrogen and oxygen atoms in total. The van der Waals surface area contributed by atoms with E-state index in [1.807, 2.05) is 54.6 Å². The van der Waals surface area contributed by atoms with Gasteiger partial charge in [-0.25, -0.2) is 0 Å². The molecule has 0 saturated carbocycles. The molecule has 25 heavy (non-hydrogen) atoms. The summed E-state index contributed by atoms with van der Waals surface area (Å²) in [5.41, 5.74) is 4.81. The molecule has 0 radical (unpaired) electrons. The number of ether oxygens (including phenoxy) is 2. The molecule has 3 aromatic rings. The first-order valence-corrected chi connectivity index (χ1v) is 7.98. The van der Waals surface area contributed by atoms with Crippen molar-refractivity contribution < 1.29 is 9.47 Å². The first kappa shape index (κ1) is 13.8. The van der Waals surface area contributed by atoms with Gasteiger partial charge in [0.1, 0.15) is 23.0 Å². The normalized spacial score (nSPS) is 12.5. The molecule has 0 bridgehead atoms. The van der Waals surface area contributed by atoms with Gasteiger partial charge in [-0.2, -0.15) is 0 Å². The highest BCUT2D eigenvalue weighted by atomic mass is 16.5. The van der Waals surface area contributed by atoms with Gasteiger partial charge in [0.25, 0.3) is 6.71 Å². The third-order valence-electron chi connectivity index (χ3n) is 4.74. The zero-order valence-electron chi connectivity index (χ0n) is 13.2. The van der Waals surface area contributed by atoms with Crippen molar-refractivity contribution in [3.63, 3.8) is 0 Å². The molecule has 0 spiro atoms. The van der Waals surface area contributed by atoms with Crippen LogP contribution in [-0.4, -0.2) is 6.71 Å². The predicted molar refractivity (Wildman–Crippen MR) is 100 cm³/mol. The molecule has 0 fully saturated rings. The fourth-order valence-electron chi connectivity index (χ4n) is 3.60. The predicted octanol–water partition coefficient (Wildman–Crippen LogP) is 2.38. The topological polar surface area (TPSA) is 18.5 Å². The highest BCUT2D eigenvalue weighted by Gasteiger charge is 2.39. The summed E-state index contributed by atoms with van der Waals surface area (Å²) < 4.78 is 12.2. The van der Waals surface area contributed by atoms with E-state index in [1.54, 1.807) is 0 Å². The monoisotopic (exact) mass is 318 g/mol. The Balaban J connectivity index is 1.81. The zero-order chi connectivity index (χ0) is 17.0. The van der Waals surface area contributed by atoms with E-state index in [0.717, 1.165) is 50.5 Å². The summed E-state index contributed by atoms with van der Waals surface area (Å²) in [4.78, 5) is 0. The van der Waals surface area contributed by atoms with Gasteiger partial charge in [0, 0.05) is 16.6 Å². The van der Waals surface area contributed by atoms with Crippen LogP contribution in [-0.2, 0) is 0 Å². The van der Waals surface area contributed by atoms with Crippen molar-refractivity contribution in [2.75, 3.05) is 0 Å². The van der Waals surface area contributed by atoms with E-state index in [-0.39, 0.29) is 6.71 Å². The Morgan fingerprint density at radius 3 is 1.68 bits per heavy atom. The largest absolute Gasteiger partial charge is 0.458 e. The number of benzene rings is 3. The maximum absolute atomic E-state index is 6.12. The molecule has 3 heteroatoms. The molecule has 0 atom stereocenters. The summed E-state index contributed by atoms with van der Waals surface area (Å²) in [5, 5.41) is 0. The summed E-state index contributed by atoms with van der Waals surface area (Å²) in [6.45, 7) is 0.0392. The first-order chi connectivity index (χ1) is 12.3. The lowest BCUT2D eigenvalue weighted by Crippen LogP contribution is -2.57. The lowest BCUT2D eigenvalue weighted by Gasteiger charge is -2.32. The van der Waals surface area contributed by atoms with Crippen molar-refractivity contribution in [3.05, 3.63) is 65.7 Å². The fraction of sp³-hybridized carbons (Fsp3) is 0. The van der Waals surface area contributed by atoms with Crippen LogP contribution in [0.5, 0.6) is 23.0 Å². The van der Waals surface area contributed by atoms with Crippen molar-refractivity contribution in [1.29, 1.82) is 0 Å². The highest BCUT2D eigenvalue weighted by molar-refractivity contribution is 6.98. The number of terminal acetylenes is 2. The van der Waals surface area contributed by atoms with E-state index in [4.69, 9.17) is 22.3 Å². The number of hydrogen-bond acceptors (Lipinski definition) is 2. The molecule has 0 unspecified atom stereocenters. The second kappa shape index (κ2) is 4.97. The average molecular weight is 318 g/mol. The summed E-state index contributed by atoms with van der Waals surface area (Å²) in [6, 6.07) is 17.6. The minimum Gasteiger partial charge on any atom is -0.458 e. The molecule has 2 aliphatic heterocycles. The molecule has 0 aromatic heterocycles. The van der Waals surface area contributed by atoms with Crippen molar-refractivity contribution >= 4 is 23.1 Å². The van der Waals surface area contributed by atoms with Gasteiger partial charge in [-0.05, 0) is 47.3 Å². The number of hydrogen-bond donors (Lipinski definition) is 0. The van der Waals surface area contributed by atoms with Crippen LogP contribution in [0.2, 0.25) is 0 Å². The second-order valence-corrected chi connectivity index (χ2v) is 6.10. The van der Waals surface area contributed by atoms with Gasteiger partial charge >= 0.3 is 0 Å². The van der Waals surface area contributed by atoms with E-state index in [2.05, 4.69) is 11.8 Å². The van der Waals surface area contributed by atoms with Crippen LogP contribution < -0.4 is 25.9 Å². The third-order valence-corrected chi connectivity index (χ3v) is 4.74. The minimum atomic E-state index is 0.0392. The Morgan fingerprint density at radius 1 is 0.680 bits per heavy atom. The maximum atomic E-state index is 6.12. The third kappa shape index (κ3) is 1.90. The first-order valence-electron chi connectivity index (χ1n) is 7.98. The summed E-state index contributed by atoms with van der Waals surface area (Å²) in [7, 11) is 0. The summed E-state index contributed by atoms with van der Waals surface area (Å²) in [6.07, 6.45) is 11.1. The van der Waals surface area contributed by atoms with E-state index in [0.29, 0.717) is 0 Å². The smallest absolute Gasteiger partial charge is 0.260 e. The number of rotatable bonds is 0. The highest BCUT2D eigenvalue weighted by Crippen LogP contribution is 2.34. The Labute approximate surface area is 146 Å². The molecule has 2 aliphatic rings. The molecule has 0 saturated heterocycles. The van der Waals surface area contributed by atoms with Crippen molar-refractivity contribution in [2.24, 2.45) is 0 Å². The number of fused-ring (bicyclic) bond motifs is 4. The van der Waals surface area contributed by atoms with E-state index in [9.17, 15) is 0 Å². The summed E-state index contributed by atoms with van der Waals surface area (Å²) in [5.74, 6) is 8.52. The standard InChI is InChI=1S/C22H11BO2/c1-3-14-8-10-16-20(12-14)24-18-6-5-7-19-22(18)23(16)17-11-9-15(4-2)13-21(17)25-19/h1-2,5-13H. The Morgan fingerprint density at radius 2 is 1.20 bits per heavy atom. The Bertz CT molecular complexity index is 1050. The fourth-order valence-corrected chi connectivity index (χ4v) is 3.60. The molecular weight excluding hydrogens is 307 g/mol. The van der Waals surface area contributed by atoms with Crippen LogP contribution in [0.25, 0.3) is 0 Å². The van der Waals surface area contributed by atoms with Gasteiger partial charge in [-0.1, -0.05) is 30.0 Å². The van der Waals surface area contributed by atoms with Crippen LogP contribution in [0.4, 0.5) is 0 Å². The van der Waals surface area contributed by atoms with E-state index < -0.39 is 0 Å². The van der Waals surface area contributed by atoms with Crippen molar-refractivity contribution in [3.8, 4) is 47.7 Å². The van der Waals surface area contributed by atoms with Gasteiger partial charge in [0.15, 0.2) is 0 Å². The van der Waals surface area contributed by atoms with Gasteiger partial charge in [0.05, 0.1) is 0 Å². The van der Waals surface area contributed by atoms with Gasteiger partial charge in [-0.3, -0.25) is 0 Å². The Hall–Kier alpha value is -3.56. The van der Waals surface area contributed by atoms with Gasteiger partial charge in [0.2, 0.25) is 0 Å². The SMILES string of the molecule is C#Cc1ccc2c(c1)Oc1cccc3c1B2c1ccc(C#C)cc1O3. The zero-order valence-corrected chi connectivity index (χ0v) is 13.2. The molecule has 0 N–H and O–H groups in total. The lowest BCUT2D eigenvalue weighted by atomic mass is 9.35. The molecule has 3 aromatic carbocycles. The maximum Gasteiger partial charge on any atom is 0.260 e.